The monoisotopic (exact) mass is 234 g/mol. The number of nitrogens with one attached hydrogen (secondary N) is 2. The molecule has 5 nitrogen and oxygen atoms in total. The van der Waals surface area contributed by atoms with Crippen LogP contribution < -0.4 is 5.32 Å². The lowest BCUT2D eigenvalue weighted by Crippen LogP contribution is -2.34. The Balaban J connectivity index is 1.89. The summed E-state index contributed by atoms with van der Waals surface area (Å²) in [5.41, 5.74) is 1.10. The zero-order valence-electron chi connectivity index (χ0n) is 10.1. The van der Waals surface area contributed by atoms with E-state index in [9.17, 15) is 5.11 Å². The normalized spacial score (nSPS) is 14.8. The molecule has 5 heteroatoms. The van der Waals surface area contributed by atoms with Gasteiger partial charge in [0, 0.05) is 44.3 Å². The second kappa shape index (κ2) is 4.73. The molecule has 0 radical (unpaired) electrons. The summed E-state index contributed by atoms with van der Waals surface area (Å²) < 4.78 is 1.69. The van der Waals surface area contributed by atoms with Gasteiger partial charge in [-0.3, -0.25) is 4.68 Å². The number of aryl methyl sites for hydroxylation is 1. The maximum absolute atomic E-state index is 10.3. The van der Waals surface area contributed by atoms with Crippen molar-refractivity contribution in [1.29, 1.82) is 0 Å². The van der Waals surface area contributed by atoms with E-state index in [1.54, 1.807) is 17.8 Å². The molecule has 92 valence electrons. The van der Waals surface area contributed by atoms with E-state index >= 15 is 0 Å². The average Bonchev–Trinajstić information content (AvgIpc) is 2.89. The van der Waals surface area contributed by atoms with Crippen LogP contribution in [0.2, 0.25) is 0 Å². The van der Waals surface area contributed by atoms with Gasteiger partial charge in [0.25, 0.3) is 0 Å². The fraction of sp³-hybridized carbons (Fsp3) is 0.417. The van der Waals surface area contributed by atoms with E-state index in [1.165, 1.54) is 5.56 Å². The van der Waals surface area contributed by atoms with Gasteiger partial charge in [-0.05, 0) is 18.6 Å². The summed E-state index contributed by atoms with van der Waals surface area (Å²) >= 11 is 0. The van der Waals surface area contributed by atoms with Crippen LogP contribution in [0.3, 0.4) is 0 Å². The number of aromatic amines is 1. The number of aliphatic hydroxyl groups is 1. The molecule has 2 rings (SSSR count). The highest BCUT2D eigenvalue weighted by molar-refractivity contribution is 5.15. The van der Waals surface area contributed by atoms with Crippen molar-refractivity contribution < 1.29 is 5.11 Å². The zero-order valence-corrected chi connectivity index (χ0v) is 10.1. The Hall–Kier alpha value is -1.59. The number of hydrogen-bond acceptors (Lipinski definition) is 3. The van der Waals surface area contributed by atoms with Gasteiger partial charge in [0.15, 0.2) is 0 Å². The molecule has 1 atom stereocenters. The van der Waals surface area contributed by atoms with Gasteiger partial charge in [0.1, 0.15) is 5.60 Å². The summed E-state index contributed by atoms with van der Waals surface area (Å²) in [6.45, 7) is 3.01. The maximum atomic E-state index is 10.3. The second-order valence-corrected chi connectivity index (χ2v) is 4.50. The quantitative estimate of drug-likeness (QED) is 0.715. The Morgan fingerprint density at radius 3 is 3.00 bits per heavy atom. The van der Waals surface area contributed by atoms with Gasteiger partial charge < -0.3 is 15.4 Å². The standard InChI is InChI=1S/C12H18N4O/c1-12(17,11-7-15-16(2)8-11)9-14-6-10-3-4-13-5-10/h3-5,7-8,13-14,17H,6,9H2,1-2H3. The first-order chi connectivity index (χ1) is 8.08. The number of rotatable bonds is 5. The van der Waals surface area contributed by atoms with E-state index in [4.69, 9.17) is 0 Å². The first kappa shape index (κ1) is 11.9. The Kier molecular flexibility index (Phi) is 3.31. The zero-order chi connectivity index (χ0) is 12.3. The number of aromatic nitrogens is 3. The van der Waals surface area contributed by atoms with Gasteiger partial charge in [0.05, 0.1) is 6.20 Å². The number of hydrogen-bond donors (Lipinski definition) is 3. The molecule has 0 saturated heterocycles. The molecule has 0 aliphatic carbocycles. The Bertz CT molecular complexity index is 459. The summed E-state index contributed by atoms with van der Waals surface area (Å²) in [6, 6.07) is 2.01. The minimum atomic E-state index is -0.898. The van der Waals surface area contributed by atoms with Gasteiger partial charge in [-0.15, -0.1) is 0 Å². The van der Waals surface area contributed by atoms with Crippen LogP contribution in [0.4, 0.5) is 0 Å². The van der Waals surface area contributed by atoms with Crippen LogP contribution in [-0.4, -0.2) is 26.4 Å². The molecule has 0 fully saturated rings. The van der Waals surface area contributed by atoms with Gasteiger partial charge in [-0.2, -0.15) is 5.10 Å². The van der Waals surface area contributed by atoms with Gasteiger partial charge >= 0.3 is 0 Å². The van der Waals surface area contributed by atoms with E-state index in [0.717, 1.165) is 12.1 Å². The van der Waals surface area contributed by atoms with Gasteiger partial charge in [-0.1, -0.05) is 0 Å². The summed E-state index contributed by atoms with van der Waals surface area (Å²) in [5.74, 6) is 0. The number of H-pyrrole nitrogens is 1. The number of nitrogens with zero attached hydrogens (tertiary/aromatic N) is 2. The first-order valence-electron chi connectivity index (χ1n) is 5.62. The molecule has 17 heavy (non-hydrogen) atoms. The molecule has 0 aliphatic heterocycles. The average molecular weight is 234 g/mol. The van der Waals surface area contributed by atoms with Crippen molar-refractivity contribution in [2.45, 2.75) is 19.1 Å². The third-order valence-electron chi connectivity index (χ3n) is 2.79. The van der Waals surface area contributed by atoms with Crippen molar-refractivity contribution in [2.24, 2.45) is 7.05 Å². The third kappa shape index (κ3) is 2.95. The molecular weight excluding hydrogens is 216 g/mol. The van der Waals surface area contributed by atoms with E-state index < -0.39 is 5.60 Å². The van der Waals surface area contributed by atoms with E-state index in [1.807, 2.05) is 31.7 Å². The highest BCUT2D eigenvalue weighted by Crippen LogP contribution is 2.18. The molecule has 0 spiro atoms. The SMILES string of the molecule is Cn1cc(C(C)(O)CNCc2cc[nH]c2)cn1. The van der Waals surface area contributed by atoms with Crippen molar-refractivity contribution >= 4 is 0 Å². The molecular formula is C12H18N4O. The summed E-state index contributed by atoms with van der Waals surface area (Å²) in [5, 5.41) is 17.6. The Labute approximate surface area is 100 Å². The van der Waals surface area contributed by atoms with Crippen molar-refractivity contribution in [3.05, 3.63) is 42.0 Å². The maximum Gasteiger partial charge on any atom is 0.102 e. The van der Waals surface area contributed by atoms with Crippen molar-refractivity contribution in [1.82, 2.24) is 20.1 Å². The minimum Gasteiger partial charge on any atom is -0.384 e. The molecule has 2 aromatic heterocycles. The van der Waals surface area contributed by atoms with Gasteiger partial charge in [0.2, 0.25) is 0 Å². The van der Waals surface area contributed by atoms with Crippen LogP contribution in [0, 0.1) is 0 Å². The minimum absolute atomic E-state index is 0.490. The van der Waals surface area contributed by atoms with Crippen LogP contribution in [-0.2, 0) is 19.2 Å². The smallest absolute Gasteiger partial charge is 0.102 e. The topological polar surface area (TPSA) is 65.9 Å². The van der Waals surface area contributed by atoms with Crippen LogP contribution in [0.25, 0.3) is 0 Å². The molecule has 0 aliphatic rings. The fourth-order valence-corrected chi connectivity index (χ4v) is 1.72. The summed E-state index contributed by atoms with van der Waals surface area (Å²) in [7, 11) is 1.84. The van der Waals surface area contributed by atoms with E-state index in [-0.39, 0.29) is 0 Å². The predicted octanol–water partition coefficient (Wildman–Crippen LogP) is 0.745. The lowest BCUT2D eigenvalue weighted by Gasteiger charge is -2.22. The molecule has 1 unspecified atom stereocenters. The molecule has 2 heterocycles. The van der Waals surface area contributed by atoms with Crippen LogP contribution >= 0.6 is 0 Å². The lowest BCUT2D eigenvalue weighted by atomic mass is 10.00. The highest BCUT2D eigenvalue weighted by Gasteiger charge is 2.23. The lowest BCUT2D eigenvalue weighted by molar-refractivity contribution is 0.0566. The van der Waals surface area contributed by atoms with Crippen LogP contribution in [0.5, 0.6) is 0 Å². The van der Waals surface area contributed by atoms with Crippen molar-refractivity contribution in [3.8, 4) is 0 Å². The summed E-state index contributed by atoms with van der Waals surface area (Å²) in [6.07, 6.45) is 7.35. The van der Waals surface area contributed by atoms with Crippen LogP contribution in [0.15, 0.2) is 30.9 Å². The Morgan fingerprint density at radius 2 is 2.41 bits per heavy atom. The first-order valence-corrected chi connectivity index (χ1v) is 5.62. The van der Waals surface area contributed by atoms with Gasteiger partial charge in [-0.25, -0.2) is 0 Å². The largest absolute Gasteiger partial charge is 0.384 e. The molecule has 0 amide bonds. The van der Waals surface area contributed by atoms with E-state index in [0.29, 0.717) is 6.54 Å². The molecule has 2 aromatic rings. The third-order valence-corrected chi connectivity index (χ3v) is 2.79. The second-order valence-electron chi connectivity index (χ2n) is 4.50. The highest BCUT2D eigenvalue weighted by atomic mass is 16.3. The van der Waals surface area contributed by atoms with E-state index in [2.05, 4.69) is 15.4 Å². The van der Waals surface area contributed by atoms with Crippen molar-refractivity contribution in [2.75, 3.05) is 6.54 Å². The molecule has 0 saturated carbocycles. The molecule has 0 bridgehead atoms. The van der Waals surface area contributed by atoms with Crippen LogP contribution in [0.1, 0.15) is 18.1 Å². The van der Waals surface area contributed by atoms with Crippen molar-refractivity contribution in [3.63, 3.8) is 0 Å². The Morgan fingerprint density at radius 1 is 1.59 bits per heavy atom. The fourth-order valence-electron chi connectivity index (χ4n) is 1.72. The summed E-state index contributed by atoms with van der Waals surface area (Å²) in [4.78, 5) is 3.00. The molecule has 3 N–H and O–H groups in total. The predicted molar refractivity (Wildman–Crippen MR) is 65.3 cm³/mol. The molecule has 0 aromatic carbocycles.